The van der Waals surface area contributed by atoms with Crippen LogP contribution in [0.25, 0.3) is 0 Å². The third kappa shape index (κ3) is 4.84. The lowest BCUT2D eigenvalue weighted by molar-refractivity contribution is -0.140. The summed E-state index contributed by atoms with van der Waals surface area (Å²) in [5.74, 6) is -1.21. The van der Waals surface area contributed by atoms with Crippen molar-refractivity contribution in [1.29, 1.82) is 0 Å². The van der Waals surface area contributed by atoms with Crippen LogP contribution in [0.4, 0.5) is 5.69 Å². The third-order valence-corrected chi connectivity index (χ3v) is 7.41. The molecule has 0 spiro atoms. The SMILES string of the molecule is CC[C@H](C)[C@@H](C(=O)N[C@H]1CCc2cccc3c2N(C1=O)[C@H](C(=O)NCc1cn[nH]c1)C3)N(C)C(C)=O. The highest BCUT2D eigenvalue weighted by atomic mass is 16.2. The molecule has 2 aromatic rings. The predicted octanol–water partition coefficient (Wildman–Crippen LogP) is 1.31. The Labute approximate surface area is 210 Å². The lowest BCUT2D eigenvalue weighted by Gasteiger charge is -2.33. The minimum atomic E-state index is -0.799. The van der Waals surface area contributed by atoms with Gasteiger partial charge in [0.05, 0.1) is 11.9 Å². The Morgan fingerprint density at radius 2 is 2.03 bits per heavy atom. The van der Waals surface area contributed by atoms with E-state index < -0.39 is 18.1 Å². The molecule has 0 fully saturated rings. The highest BCUT2D eigenvalue weighted by Gasteiger charge is 2.44. The molecule has 0 saturated heterocycles. The first-order valence-corrected chi connectivity index (χ1v) is 12.5. The Kier molecular flexibility index (Phi) is 7.42. The van der Waals surface area contributed by atoms with Crippen molar-refractivity contribution >= 4 is 29.3 Å². The molecule has 10 nitrogen and oxygen atoms in total. The number of anilines is 1. The average molecular weight is 495 g/mol. The first-order valence-electron chi connectivity index (χ1n) is 12.5. The Bertz CT molecular complexity index is 1150. The molecule has 4 atom stereocenters. The minimum absolute atomic E-state index is 0.0863. The molecule has 1 aromatic carbocycles. The van der Waals surface area contributed by atoms with Crippen molar-refractivity contribution in [2.75, 3.05) is 11.9 Å². The molecule has 36 heavy (non-hydrogen) atoms. The summed E-state index contributed by atoms with van der Waals surface area (Å²) in [5.41, 5.74) is 3.55. The summed E-state index contributed by atoms with van der Waals surface area (Å²) < 4.78 is 0. The second-order valence-corrected chi connectivity index (χ2v) is 9.74. The summed E-state index contributed by atoms with van der Waals surface area (Å²) in [7, 11) is 1.61. The van der Waals surface area contributed by atoms with E-state index in [2.05, 4.69) is 20.8 Å². The maximum absolute atomic E-state index is 13.9. The number of hydrogen-bond donors (Lipinski definition) is 3. The highest BCUT2D eigenvalue weighted by Crippen LogP contribution is 2.39. The summed E-state index contributed by atoms with van der Waals surface area (Å²) >= 11 is 0. The number of aromatic nitrogens is 2. The van der Waals surface area contributed by atoms with Crippen LogP contribution in [0.15, 0.2) is 30.6 Å². The minimum Gasteiger partial charge on any atom is -0.350 e. The Hall–Kier alpha value is -3.69. The number of aromatic amines is 1. The molecule has 0 unspecified atom stereocenters. The van der Waals surface area contributed by atoms with Gasteiger partial charge in [-0.1, -0.05) is 38.5 Å². The van der Waals surface area contributed by atoms with Crippen LogP contribution in [-0.4, -0.2) is 63.9 Å². The lowest BCUT2D eigenvalue weighted by Crippen LogP contribution is -2.58. The van der Waals surface area contributed by atoms with Gasteiger partial charge in [0.25, 0.3) is 0 Å². The molecule has 0 saturated carbocycles. The summed E-state index contributed by atoms with van der Waals surface area (Å²) in [6.45, 7) is 5.60. The van der Waals surface area contributed by atoms with E-state index in [1.807, 2.05) is 32.0 Å². The third-order valence-electron chi connectivity index (χ3n) is 7.41. The normalized spacial score (nSPS) is 20.2. The number of nitrogens with one attached hydrogen (secondary N) is 3. The van der Waals surface area contributed by atoms with E-state index in [1.165, 1.54) is 11.8 Å². The smallest absolute Gasteiger partial charge is 0.250 e. The van der Waals surface area contributed by atoms with Crippen molar-refractivity contribution in [1.82, 2.24) is 25.7 Å². The molecular formula is C26H34N6O4. The van der Waals surface area contributed by atoms with E-state index in [0.717, 1.165) is 22.4 Å². The molecule has 4 rings (SSSR count). The van der Waals surface area contributed by atoms with E-state index in [0.29, 0.717) is 32.2 Å². The van der Waals surface area contributed by atoms with Crippen LogP contribution < -0.4 is 15.5 Å². The lowest BCUT2D eigenvalue weighted by atomic mass is 9.96. The van der Waals surface area contributed by atoms with Gasteiger partial charge in [0.2, 0.25) is 23.6 Å². The van der Waals surface area contributed by atoms with Gasteiger partial charge >= 0.3 is 0 Å². The predicted molar refractivity (Wildman–Crippen MR) is 134 cm³/mol. The fourth-order valence-electron chi connectivity index (χ4n) is 5.15. The van der Waals surface area contributed by atoms with Gasteiger partial charge < -0.3 is 15.5 Å². The zero-order valence-electron chi connectivity index (χ0n) is 21.2. The van der Waals surface area contributed by atoms with Crippen LogP contribution in [0.2, 0.25) is 0 Å². The molecule has 2 aliphatic rings. The van der Waals surface area contributed by atoms with Crippen LogP contribution in [0, 0.1) is 5.92 Å². The van der Waals surface area contributed by atoms with E-state index in [4.69, 9.17) is 0 Å². The summed E-state index contributed by atoms with van der Waals surface area (Å²) in [6, 6.07) is 3.68. The van der Waals surface area contributed by atoms with Gasteiger partial charge in [-0.05, 0) is 29.9 Å². The fraction of sp³-hybridized carbons (Fsp3) is 0.500. The zero-order chi connectivity index (χ0) is 26.0. The highest BCUT2D eigenvalue weighted by molar-refractivity contribution is 6.08. The van der Waals surface area contributed by atoms with Gasteiger partial charge in [0.15, 0.2) is 0 Å². The van der Waals surface area contributed by atoms with Gasteiger partial charge in [0.1, 0.15) is 18.1 Å². The van der Waals surface area contributed by atoms with Gasteiger partial charge in [-0.2, -0.15) is 5.10 Å². The number of carbonyl (C=O) groups is 4. The quantitative estimate of drug-likeness (QED) is 0.510. The van der Waals surface area contributed by atoms with Crippen molar-refractivity contribution < 1.29 is 19.2 Å². The van der Waals surface area contributed by atoms with E-state index in [1.54, 1.807) is 24.3 Å². The summed E-state index contributed by atoms with van der Waals surface area (Å²) in [5, 5.41) is 12.5. The molecule has 0 bridgehead atoms. The van der Waals surface area contributed by atoms with Crippen molar-refractivity contribution in [3.63, 3.8) is 0 Å². The number of likely N-dealkylation sites (N-methyl/N-ethyl adjacent to an activating group) is 1. The van der Waals surface area contributed by atoms with Crippen LogP contribution in [0.3, 0.4) is 0 Å². The largest absolute Gasteiger partial charge is 0.350 e. The van der Waals surface area contributed by atoms with E-state index in [9.17, 15) is 19.2 Å². The Balaban J connectivity index is 1.58. The molecule has 0 radical (unpaired) electrons. The molecule has 10 heteroatoms. The number of para-hydroxylation sites is 1. The maximum atomic E-state index is 13.9. The number of hydrogen-bond acceptors (Lipinski definition) is 5. The number of amides is 4. The van der Waals surface area contributed by atoms with Crippen molar-refractivity contribution in [2.24, 2.45) is 5.92 Å². The first kappa shape index (κ1) is 25.4. The molecular weight excluding hydrogens is 460 g/mol. The van der Waals surface area contributed by atoms with Crippen LogP contribution >= 0.6 is 0 Å². The number of benzene rings is 1. The summed E-state index contributed by atoms with van der Waals surface area (Å²) in [4.78, 5) is 55.5. The monoisotopic (exact) mass is 494 g/mol. The zero-order valence-corrected chi connectivity index (χ0v) is 21.2. The molecule has 3 N–H and O–H groups in total. The van der Waals surface area contributed by atoms with Crippen LogP contribution in [0.5, 0.6) is 0 Å². The topological polar surface area (TPSA) is 128 Å². The number of carbonyl (C=O) groups excluding carboxylic acids is 4. The van der Waals surface area contributed by atoms with E-state index >= 15 is 0 Å². The van der Waals surface area contributed by atoms with E-state index in [-0.39, 0.29) is 29.5 Å². The number of rotatable bonds is 8. The molecule has 3 heterocycles. The molecule has 2 aliphatic heterocycles. The van der Waals surface area contributed by atoms with Crippen molar-refractivity contribution in [2.45, 2.75) is 71.1 Å². The Morgan fingerprint density at radius 1 is 1.28 bits per heavy atom. The van der Waals surface area contributed by atoms with Gasteiger partial charge in [-0.3, -0.25) is 29.2 Å². The average Bonchev–Trinajstić information content (AvgIpc) is 3.49. The molecule has 4 amide bonds. The number of nitrogens with zero attached hydrogens (tertiary/aromatic N) is 3. The molecule has 0 aliphatic carbocycles. The second-order valence-electron chi connectivity index (χ2n) is 9.74. The summed E-state index contributed by atoms with van der Waals surface area (Å²) in [6.07, 6.45) is 5.46. The standard InChI is InChI=1S/C26H34N6O4/c1-5-15(2)22(31(4)16(3)33)25(35)30-20-10-9-18-7-6-8-19-11-21(32(23(18)19)26(20)36)24(34)27-12-17-13-28-29-14-17/h6-8,13-15,20-22H,5,9-12H2,1-4H3,(H,27,34)(H,28,29)(H,30,35)/t15-,20-,21-,22-/m0/s1. The van der Waals surface area contributed by atoms with Gasteiger partial charge in [-0.15, -0.1) is 0 Å². The fourth-order valence-corrected chi connectivity index (χ4v) is 5.15. The molecule has 1 aromatic heterocycles. The number of H-pyrrole nitrogens is 1. The van der Waals surface area contributed by atoms with Gasteiger partial charge in [0, 0.05) is 38.7 Å². The van der Waals surface area contributed by atoms with Gasteiger partial charge in [-0.25, -0.2) is 0 Å². The second kappa shape index (κ2) is 10.5. The van der Waals surface area contributed by atoms with Crippen molar-refractivity contribution in [3.05, 3.63) is 47.3 Å². The van der Waals surface area contributed by atoms with Crippen LogP contribution in [0.1, 0.15) is 50.3 Å². The Morgan fingerprint density at radius 3 is 2.69 bits per heavy atom. The number of aryl methyl sites for hydroxylation is 1. The molecule has 192 valence electrons. The first-order chi connectivity index (χ1) is 17.2. The van der Waals surface area contributed by atoms with Crippen molar-refractivity contribution in [3.8, 4) is 0 Å². The van der Waals surface area contributed by atoms with Crippen LogP contribution in [-0.2, 0) is 38.6 Å². The maximum Gasteiger partial charge on any atom is 0.250 e.